The number of hydrogen-bond donors (Lipinski definition) is 0. The molecule has 0 spiro atoms. The molecule has 0 saturated heterocycles. The van der Waals surface area contributed by atoms with Crippen molar-refractivity contribution < 1.29 is 52.7 Å². The second-order valence-corrected chi connectivity index (χ2v) is 15.4. The topological polar surface area (TPSA) is 23.8 Å². The Morgan fingerprint density at radius 2 is 0.689 bits per heavy atom. The molecule has 0 bridgehead atoms. The van der Waals surface area contributed by atoms with Gasteiger partial charge >= 0.3 is 12.4 Å². The van der Waals surface area contributed by atoms with Gasteiger partial charge in [0.1, 0.15) is 17.5 Å². The first-order chi connectivity index (χ1) is 28.1. The zero-order chi connectivity index (χ0) is 47.0. The second kappa shape index (κ2) is 24.3. The van der Waals surface area contributed by atoms with Gasteiger partial charge in [-0.05, 0) is 124 Å². The molecule has 0 saturated carbocycles. The summed E-state index contributed by atoms with van der Waals surface area (Å²) in [5, 5.41) is 8.52. The van der Waals surface area contributed by atoms with Crippen molar-refractivity contribution in [3.05, 3.63) is 176 Å². The van der Waals surface area contributed by atoms with Crippen molar-refractivity contribution >= 4 is 0 Å². The van der Waals surface area contributed by atoms with Crippen LogP contribution in [0, 0.1) is 46.2 Å². The van der Waals surface area contributed by atoms with Crippen LogP contribution in [0.2, 0.25) is 0 Å². The number of nitriles is 1. The average Bonchev–Trinajstić information content (AvgIpc) is 3.16. The average molecular weight is 870 g/mol. The molecule has 0 unspecified atom stereocenters. The summed E-state index contributed by atoms with van der Waals surface area (Å²) in [5.41, 5.74) is 1.84. The lowest BCUT2D eigenvalue weighted by atomic mass is 9.97. The van der Waals surface area contributed by atoms with Crippen LogP contribution in [0.3, 0.4) is 0 Å². The van der Waals surface area contributed by atoms with Crippen molar-refractivity contribution in [1.82, 2.24) is 0 Å². The first-order valence-electron chi connectivity index (χ1n) is 19.2. The Labute approximate surface area is 351 Å². The second-order valence-electron chi connectivity index (χ2n) is 15.4. The van der Waals surface area contributed by atoms with E-state index in [2.05, 4.69) is 33.8 Å². The summed E-state index contributed by atoms with van der Waals surface area (Å²) < 4.78 is 150. The lowest BCUT2D eigenvalue weighted by molar-refractivity contribution is -0.143. The minimum absolute atomic E-state index is 0.00500. The van der Waals surface area contributed by atoms with Crippen LogP contribution in [0.1, 0.15) is 143 Å². The zero-order valence-corrected chi connectivity index (χ0v) is 35.6. The summed E-state index contributed by atoms with van der Waals surface area (Å²) in [6.45, 7) is 18.9. The Bertz CT molecular complexity index is 2050. The van der Waals surface area contributed by atoms with Crippen LogP contribution in [0.5, 0.6) is 0 Å². The van der Waals surface area contributed by atoms with E-state index in [4.69, 9.17) is 5.26 Å². The van der Waals surface area contributed by atoms with Crippen LogP contribution in [0.25, 0.3) is 0 Å². The van der Waals surface area contributed by atoms with Gasteiger partial charge in [-0.3, -0.25) is 0 Å². The molecule has 0 heterocycles. The molecule has 0 aliphatic heterocycles. The zero-order valence-electron chi connectivity index (χ0n) is 35.6. The van der Waals surface area contributed by atoms with Crippen molar-refractivity contribution in [2.45, 2.75) is 111 Å². The molecule has 0 radical (unpaired) electrons. The third kappa shape index (κ3) is 19.3. The van der Waals surface area contributed by atoms with E-state index in [-0.39, 0.29) is 29.3 Å². The Morgan fingerprint density at radius 3 is 1.00 bits per heavy atom. The molecule has 0 atom stereocenters. The first-order valence-corrected chi connectivity index (χ1v) is 19.2. The van der Waals surface area contributed by atoms with Crippen molar-refractivity contribution in [3.63, 3.8) is 0 Å². The SMILES string of the molecule is CC(C)c1cc(C(F)(F)F)cc(C(F)(F)F)c1.CC(C)c1cc(F)c(F)c(F)c1.CC(C)c1cc(F)cc(F)c1.CC(C)c1ccc(C#N)cc1.CC(C)c1ccc(F)cc1. The molecular formula is C48H51F12N. The van der Waals surface area contributed by atoms with Crippen molar-refractivity contribution in [3.8, 4) is 6.07 Å². The van der Waals surface area contributed by atoms with E-state index in [1.165, 1.54) is 49.2 Å². The normalized spacial score (nSPS) is 11.2. The maximum Gasteiger partial charge on any atom is 0.416 e. The van der Waals surface area contributed by atoms with Gasteiger partial charge in [-0.15, -0.1) is 0 Å². The molecule has 5 aromatic rings. The fourth-order valence-corrected chi connectivity index (χ4v) is 4.92. The molecule has 0 fully saturated rings. The standard InChI is InChI=1S/C11H10F6.C10H11N.C9H9F3.C9H10F2.C9H11F/c1-6(2)7-3-8(10(12,13)14)5-9(4-7)11(15,16)17;1-8(2)10-5-3-9(7-11)4-6-10;1-5(2)6-3-7(10)9(12)8(11)4-6;1-6(2)7-3-8(10)5-9(11)4-7;1-7(2)8-3-5-9(10)6-4-8/h3-6H,1-2H3;3-6,8H,1-2H3;3-5H,1-2H3;3-6H,1-2H3;3-7H,1-2H3. The van der Waals surface area contributed by atoms with Crippen LogP contribution < -0.4 is 0 Å². The molecule has 1 nitrogen and oxygen atoms in total. The van der Waals surface area contributed by atoms with E-state index < -0.39 is 58.5 Å². The highest BCUT2D eigenvalue weighted by Crippen LogP contribution is 2.37. The Hall–Kier alpha value is -5.25. The van der Waals surface area contributed by atoms with Crippen LogP contribution in [-0.4, -0.2) is 0 Å². The summed E-state index contributed by atoms with van der Waals surface area (Å²) in [6, 6.07) is 23.7. The van der Waals surface area contributed by atoms with E-state index in [0.29, 0.717) is 23.0 Å². The number of nitrogens with zero attached hydrogens (tertiary/aromatic N) is 1. The summed E-state index contributed by atoms with van der Waals surface area (Å²) >= 11 is 0. The van der Waals surface area contributed by atoms with Crippen molar-refractivity contribution in [1.29, 1.82) is 5.26 Å². The molecule has 0 aliphatic carbocycles. The maximum absolute atomic E-state index is 12.6. The molecule has 13 heteroatoms. The molecule has 61 heavy (non-hydrogen) atoms. The van der Waals surface area contributed by atoms with Gasteiger partial charge in [-0.1, -0.05) is 93.5 Å². The number of benzene rings is 5. The molecule has 0 aromatic heterocycles. The quantitative estimate of drug-likeness (QED) is 0.128. The third-order valence-electron chi connectivity index (χ3n) is 8.74. The van der Waals surface area contributed by atoms with E-state index in [1.807, 2.05) is 50.2 Å². The molecule has 0 N–H and O–H groups in total. The van der Waals surface area contributed by atoms with Gasteiger partial charge in [0, 0.05) is 6.07 Å². The molecule has 0 aliphatic rings. The van der Waals surface area contributed by atoms with E-state index in [1.54, 1.807) is 13.8 Å². The van der Waals surface area contributed by atoms with Crippen LogP contribution in [-0.2, 0) is 12.4 Å². The van der Waals surface area contributed by atoms with Gasteiger partial charge in [0.25, 0.3) is 0 Å². The number of halogens is 12. The van der Waals surface area contributed by atoms with Gasteiger partial charge in [0.05, 0.1) is 22.8 Å². The van der Waals surface area contributed by atoms with E-state index in [0.717, 1.165) is 35.9 Å². The lowest BCUT2D eigenvalue weighted by Crippen LogP contribution is -2.12. The number of hydrogen-bond acceptors (Lipinski definition) is 1. The molecule has 0 amide bonds. The smallest absolute Gasteiger partial charge is 0.207 e. The van der Waals surface area contributed by atoms with Crippen LogP contribution >= 0.6 is 0 Å². The fourth-order valence-electron chi connectivity index (χ4n) is 4.92. The monoisotopic (exact) mass is 869 g/mol. The van der Waals surface area contributed by atoms with Gasteiger partial charge in [0.2, 0.25) is 0 Å². The predicted octanol–water partition coefficient (Wildman–Crippen LogP) is 16.8. The first kappa shape index (κ1) is 53.8. The van der Waals surface area contributed by atoms with Crippen molar-refractivity contribution in [2.75, 3.05) is 0 Å². The molecule has 5 rings (SSSR count). The summed E-state index contributed by atoms with van der Waals surface area (Å²) in [5.74, 6) is -4.04. The van der Waals surface area contributed by atoms with Crippen LogP contribution in [0.4, 0.5) is 52.7 Å². The summed E-state index contributed by atoms with van der Waals surface area (Å²) in [4.78, 5) is 0. The summed E-state index contributed by atoms with van der Waals surface area (Å²) in [6.07, 6.45) is -9.55. The Kier molecular flexibility index (Phi) is 21.4. The van der Waals surface area contributed by atoms with E-state index in [9.17, 15) is 52.7 Å². The highest BCUT2D eigenvalue weighted by Gasteiger charge is 2.37. The largest absolute Gasteiger partial charge is 0.416 e. The van der Waals surface area contributed by atoms with Gasteiger partial charge in [-0.25, -0.2) is 26.3 Å². The Morgan fingerprint density at radius 1 is 0.377 bits per heavy atom. The Balaban J connectivity index is 0.000000387. The van der Waals surface area contributed by atoms with Crippen LogP contribution in [0.15, 0.2) is 97.1 Å². The fraction of sp³-hybridized carbons (Fsp3) is 0.354. The molecular weight excluding hydrogens is 819 g/mol. The predicted molar refractivity (Wildman–Crippen MR) is 217 cm³/mol. The number of alkyl halides is 6. The minimum Gasteiger partial charge on any atom is -0.207 e. The minimum atomic E-state index is -4.77. The lowest BCUT2D eigenvalue weighted by Gasteiger charge is -2.15. The van der Waals surface area contributed by atoms with E-state index >= 15 is 0 Å². The van der Waals surface area contributed by atoms with Crippen molar-refractivity contribution in [2.24, 2.45) is 0 Å². The highest BCUT2D eigenvalue weighted by molar-refractivity contribution is 5.35. The van der Waals surface area contributed by atoms with Gasteiger partial charge in [0.15, 0.2) is 17.5 Å². The third-order valence-corrected chi connectivity index (χ3v) is 8.74. The summed E-state index contributed by atoms with van der Waals surface area (Å²) in [7, 11) is 0. The maximum atomic E-state index is 12.6. The highest BCUT2D eigenvalue weighted by atomic mass is 19.4. The molecule has 332 valence electrons. The van der Waals surface area contributed by atoms with Gasteiger partial charge in [-0.2, -0.15) is 31.6 Å². The van der Waals surface area contributed by atoms with Gasteiger partial charge < -0.3 is 0 Å². The molecule has 5 aromatic carbocycles. The number of rotatable bonds is 5.